The van der Waals surface area contributed by atoms with Gasteiger partial charge in [0.2, 0.25) is 5.91 Å². The van der Waals surface area contributed by atoms with E-state index in [1.54, 1.807) is 18.2 Å². The molecule has 1 aliphatic heterocycles. The quantitative estimate of drug-likeness (QED) is 0.179. The van der Waals surface area contributed by atoms with Crippen molar-refractivity contribution in [1.82, 2.24) is 4.57 Å². The Labute approximate surface area is 256 Å². The molecule has 2 aromatic carbocycles. The summed E-state index contributed by atoms with van der Waals surface area (Å²) in [6, 6.07) is 11.6. The second kappa shape index (κ2) is 11.9. The number of carbonyl (C=O) groups is 1. The molecule has 1 aliphatic carbocycles. The van der Waals surface area contributed by atoms with Crippen molar-refractivity contribution >= 4 is 22.5 Å². The number of halogens is 2. The summed E-state index contributed by atoms with van der Waals surface area (Å²) in [5.41, 5.74) is 0.842. The molecule has 0 unspecified atom stereocenters. The number of aromatic nitrogens is 1. The highest BCUT2D eigenvalue weighted by molar-refractivity contribution is 6.04. The highest BCUT2D eigenvalue weighted by atomic mass is 19.3. The second-order valence-corrected chi connectivity index (χ2v) is 12.0. The number of benzene rings is 2. The lowest BCUT2D eigenvalue weighted by molar-refractivity contribution is -0.286. The van der Waals surface area contributed by atoms with Gasteiger partial charge in [0.05, 0.1) is 49.1 Å². The van der Waals surface area contributed by atoms with Crippen LogP contribution in [-0.4, -0.2) is 75.8 Å². The number of ether oxygens (including phenoxy) is 3. The monoisotopic (exact) mass is 621 g/mol. The fraction of sp³-hybridized carbons (Fsp3) is 0.484. The molecule has 0 spiro atoms. The van der Waals surface area contributed by atoms with Crippen molar-refractivity contribution in [2.45, 2.75) is 69.0 Å². The third-order valence-electron chi connectivity index (χ3n) is 8.24. The van der Waals surface area contributed by atoms with Gasteiger partial charge in [-0.3, -0.25) is 4.79 Å². The topological polar surface area (TPSA) is 166 Å². The number of alkyl halides is 2. The Bertz CT molecular complexity index is 1610. The van der Waals surface area contributed by atoms with E-state index in [1.165, 1.54) is 12.1 Å². The molecule has 1 aromatic heterocycles. The molecule has 13 heteroatoms. The maximum absolute atomic E-state index is 13.6. The van der Waals surface area contributed by atoms with Crippen LogP contribution in [0.4, 0.5) is 14.5 Å². The van der Waals surface area contributed by atoms with E-state index in [0.29, 0.717) is 35.7 Å². The Morgan fingerprint density at radius 2 is 1.84 bits per heavy atom. The van der Waals surface area contributed by atoms with Crippen LogP contribution in [-0.2, 0) is 26.9 Å². The lowest BCUT2D eigenvalue weighted by atomic mass is 9.85. The number of carbonyl (C=O) groups excluding carboxylic acids is 1. The Morgan fingerprint density at radius 1 is 1.14 bits per heavy atom. The first-order chi connectivity index (χ1) is 20.8. The molecular formula is C31H41F2N3O8. The van der Waals surface area contributed by atoms with Crippen LogP contribution in [0.2, 0.25) is 0 Å². The molecule has 0 radical (unpaired) electrons. The van der Waals surface area contributed by atoms with Crippen LogP contribution >= 0.6 is 0 Å². The number of nitrogens with zero attached hydrogens (tertiary/aromatic N) is 2. The smallest absolute Gasteiger partial charge is 0.395 e. The number of nitrogens with one attached hydrogen (secondary N) is 1. The summed E-state index contributed by atoms with van der Waals surface area (Å²) in [5, 5.41) is 52.1. The van der Waals surface area contributed by atoms with Crippen LogP contribution in [0.15, 0.2) is 36.4 Å². The van der Waals surface area contributed by atoms with Crippen LogP contribution in [0.1, 0.15) is 54.2 Å². The van der Waals surface area contributed by atoms with Gasteiger partial charge in [0.1, 0.15) is 12.2 Å². The molecule has 5 N–H and O–H groups in total. The van der Waals surface area contributed by atoms with Crippen LogP contribution in [0.3, 0.4) is 0 Å². The standard InChI is InChI=1S/C31H35F2N3O8.3H2/c1-29(2,7-8-42-17-22(40)16-38)27-11-18-9-23(19(13-34)10-24(18)36(27)14-21(39)15-37)35-28(41)30(5-6-30)20-3-4-25-26(12-20)44-31(32,33)43-25;;;/h3-4,9-12,21-22,37-40H,5-8,14-17H2,1-2H3,(H,35,41);3*1H/t21-,22+;;;/m1.../s1. The van der Waals surface area contributed by atoms with Gasteiger partial charge in [0.15, 0.2) is 11.5 Å². The molecule has 1 amide bonds. The Kier molecular flexibility index (Phi) is 8.58. The largest absolute Gasteiger partial charge is 0.586 e. The molecule has 11 nitrogen and oxygen atoms in total. The van der Waals surface area contributed by atoms with Gasteiger partial charge in [-0.25, -0.2) is 0 Å². The van der Waals surface area contributed by atoms with Crippen molar-refractivity contribution in [3.05, 3.63) is 53.2 Å². The summed E-state index contributed by atoms with van der Waals surface area (Å²) in [5.74, 6) is -0.657. The maximum atomic E-state index is 13.6. The predicted molar refractivity (Wildman–Crippen MR) is 160 cm³/mol. The van der Waals surface area contributed by atoms with Crippen molar-refractivity contribution in [2.75, 3.05) is 31.7 Å². The fourth-order valence-corrected chi connectivity index (χ4v) is 5.52. The van der Waals surface area contributed by atoms with Crippen molar-refractivity contribution in [2.24, 2.45) is 0 Å². The molecule has 3 aromatic rings. The number of hydrogen-bond donors (Lipinski definition) is 5. The number of rotatable bonds is 13. The van der Waals surface area contributed by atoms with E-state index in [4.69, 9.17) is 9.84 Å². The van der Waals surface area contributed by atoms with Gasteiger partial charge in [-0.15, -0.1) is 8.78 Å². The summed E-state index contributed by atoms with van der Waals surface area (Å²) in [6.07, 6.45) is -4.36. The van der Waals surface area contributed by atoms with E-state index in [9.17, 15) is 34.2 Å². The first-order valence-corrected chi connectivity index (χ1v) is 14.3. The van der Waals surface area contributed by atoms with E-state index in [0.717, 1.165) is 5.69 Å². The molecule has 44 heavy (non-hydrogen) atoms. The fourth-order valence-electron chi connectivity index (χ4n) is 5.52. The summed E-state index contributed by atoms with van der Waals surface area (Å²) in [7, 11) is 0. The zero-order valence-corrected chi connectivity index (χ0v) is 24.3. The first-order valence-electron chi connectivity index (χ1n) is 14.3. The highest BCUT2D eigenvalue weighted by Gasteiger charge is 2.53. The van der Waals surface area contributed by atoms with Crippen molar-refractivity contribution in [1.29, 1.82) is 5.26 Å². The summed E-state index contributed by atoms with van der Waals surface area (Å²) >= 11 is 0. The van der Waals surface area contributed by atoms with Gasteiger partial charge < -0.3 is 44.5 Å². The maximum Gasteiger partial charge on any atom is 0.586 e. The third kappa shape index (κ3) is 6.22. The van der Waals surface area contributed by atoms with E-state index < -0.39 is 48.5 Å². The molecule has 2 aliphatic rings. The van der Waals surface area contributed by atoms with Gasteiger partial charge in [-0.1, -0.05) is 19.9 Å². The van der Waals surface area contributed by atoms with Crippen LogP contribution in [0.5, 0.6) is 11.5 Å². The molecule has 0 saturated heterocycles. The number of anilines is 1. The van der Waals surface area contributed by atoms with Gasteiger partial charge in [0, 0.05) is 32.9 Å². The van der Waals surface area contributed by atoms with Crippen molar-refractivity contribution < 1.29 is 52.5 Å². The molecule has 1 saturated carbocycles. The molecular weight excluding hydrogens is 580 g/mol. The molecule has 242 valence electrons. The minimum atomic E-state index is -3.77. The highest BCUT2D eigenvalue weighted by Crippen LogP contribution is 2.52. The number of aliphatic hydroxyl groups is 4. The van der Waals surface area contributed by atoms with E-state index in [-0.39, 0.29) is 46.8 Å². The van der Waals surface area contributed by atoms with Gasteiger partial charge in [-0.2, -0.15) is 5.26 Å². The zero-order chi connectivity index (χ0) is 31.9. The number of amides is 1. The van der Waals surface area contributed by atoms with Crippen molar-refractivity contribution in [3.8, 4) is 17.6 Å². The van der Waals surface area contributed by atoms with Crippen molar-refractivity contribution in [3.63, 3.8) is 0 Å². The van der Waals surface area contributed by atoms with E-state index in [1.807, 2.05) is 24.5 Å². The lowest BCUT2D eigenvalue weighted by Crippen LogP contribution is -2.28. The zero-order valence-electron chi connectivity index (χ0n) is 24.3. The van der Waals surface area contributed by atoms with E-state index >= 15 is 0 Å². The van der Waals surface area contributed by atoms with Gasteiger partial charge in [0.25, 0.3) is 0 Å². The van der Waals surface area contributed by atoms with Crippen LogP contribution < -0.4 is 14.8 Å². The normalized spacial score (nSPS) is 17.7. The Morgan fingerprint density at radius 3 is 2.50 bits per heavy atom. The second-order valence-electron chi connectivity index (χ2n) is 12.0. The van der Waals surface area contributed by atoms with Gasteiger partial charge >= 0.3 is 6.29 Å². The summed E-state index contributed by atoms with van der Waals surface area (Å²) in [6.45, 7) is 3.37. The van der Waals surface area contributed by atoms with Crippen LogP contribution in [0.25, 0.3) is 10.9 Å². The Hall–Kier alpha value is -3.80. The number of nitriles is 1. The molecule has 1 fully saturated rings. The predicted octanol–water partition coefficient (Wildman–Crippen LogP) is 3.63. The minimum Gasteiger partial charge on any atom is -0.395 e. The average Bonchev–Trinajstić information content (AvgIpc) is 3.64. The molecule has 0 bridgehead atoms. The van der Waals surface area contributed by atoms with Crippen LogP contribution in [0, 0.1) is 11.3 Å². The Balaban J connectivity index is 0.00000256. The third-order valence-corrected chi connectivity index (χ3v) is 8.24. The average molecular weight is 622 g/mol. The summed E-state index contributed by atoms with van der Waals surface area (Å²) in [4.78, 5) is 13.6. The lowest BCUT2D eigenvalue weighted by Gasteiger charge is -2.28. The molecule has 2 atom stereocenters. The first kappa shape index (κ1) is 31.6. The number of aliphatic hydroxyl groups excluding tert-OH is 4. The van der Waals surface area contributed by atoms with Gasteiger partial charge in [-0.05, 0) is 55.2 Å². The molecule has 2 heterocycles. The summed E-state index contributed by atoms with van der Waals surface area (Å²) < 4.78 is 43.5. The van der Waals surface area contributed by atoms with E-state index in [2.05, 4.69) is 20.9 Å². The number of fused-ring (bicyclic) bond motifs is 2. The minimum absolute atomic E-state index is 0. The SMILES string of the molecule is CC(C)(CCOC[C@@H](O)CO)c1cc2cc(NC(=O)C3(c4ccc5c(c4)OC(F)(F)O5)CC3)c(C#N)cc2n1C[C@@H](O)CO.[HH].[HH].[HH]. The molecule has 5 rings (SSSR count). The number of hydrogen-bond acceptors (Lipinski definition) is 9.